The quantitative estimate of drug-likeness (QED) is 0.677. The Kier molecular flexibility index (Phi) is 7.62. The predicted octanol–water partition coefficient (Wildman–Crippen LogP) is 4.12. The molecular formula is C25H34N2O4S. The van der Waals surface area contributed by atoms with Crippen molar-refractivity contribution < 1.29 is 17.9 Å². The molecule has 0 saturated carbocycles. The van der Waals surface area contributed by atoms with E-state index in [4.69, 9.17) is 4.74 Å². The first kappa shape index (κ1) is 24.3. The number of nitrogens with zero attached hydrogens (tertiary/aromatic N) is 1. The molecule has 0 bridgehead atoms. The first-order chi connectivity index (χ1) is 15.1. The van der Waals surface area contributed by atoms with E-state index < -0.39 is 10.0 Å². The minimum Gasteiger partial charge on any atom is -0.491 e. The normalized spacial score (nSPS) is 15.7. The van der Waals surface area contributed by atoms with E-state index in [2.05, 4.69) is 5.32 Å². The van der Waals surface area contributed by atoms with Crippen molar-refractivity contribution in [2.75, 3.05) is 13.1 Å². The van der Waals surface area contributed by atoms with Gasteiger partial charge in [0.05, 0.1) is 11.0 Å². The van der Waals surface area contributed by atoms with Crippen molar-refractivity contribution in [3.05, 3.63) is 58.7 Å². The van der Waals surface area contributed by atoms with Crippen molar-refractivity contribution in [2.45, 2.75) is 65.0 Å². The lowest BCUT2D eigenvalue weighted by Gasteiger charge is -2.31. The second kappa shape index (κ2) is 10.0. The molecular weight excluding hydrogens is 424 g/mol. The number of hydrogen-bond donors (Lipinski definition) is 1. The van der Waals surface area contributed by atoms with Gasteiger partial charge >= 0.3 is 0 Å². The highest BCUT2D eigenvalue weighted by molar-refractivity contribution is 7.89. The van der Waals surface area contributed by atoms with Crippen LogP contribution in [0.15, 0.2) is 41.3 Å². The van der Waals surface area contributed by atoms with Crippen molar-refractivity contribution in [1.82, 2.24) is 9.62 Å². The van der Waals surface area contributed by atoms with E-state index in [1.54, 1.807) is 0 Å². The maximum atomic E-state index is 13.2. The van der Waals surface area contributed by atoms with Gasteiger partial charge < -0.3 is 10.1 Å². The van der Waals surface area contributed by atoms with E-state index in [1.165, 1.54) is 4.31 Å². The van der Waals surface area contributed by atoms with Crippen molar-refractivity contribution >= 4 is 15.9 Å². The summed E-state index contributed by atoms with van der Waals surface area (Å²) >= 11 is 0. The number of rotatable bonds is 7. The Morgan fingerprint density at radius 1 is 1.06 bits per heavy atom. The lowest BCUT2D eigenvalue weighted by molar-refractivity contribution is -0.126. The van der Waals surface area contributed by atoms with Gasteiger partial charge in [0.2, 0.25) is 15.9 Å². The SMILES string of the molecule is Cc1cc(C)c(S(=O)(=O)N2CCC(C(=O)NCc3ccc(OC(C)C)cc3)CC2)c(C)c1. The molecule has 1 aliphatic heterocycles. The fourth-order valence-corrected chi connectivity index (χ4v) is 6.23. The number of amides is 1. The van der Waals surface area contributed by atoms with E-state index in [0.29, 0.717) is 37.4 Å². The van der Waals surface area contributed by atoms with Crippen LogP contribution in [-0.2, 0) is 21.4 Å². The summed E-state index contributed by atoms with van der Waals surface area (Å²) in [6.07, 6.45) is 1.17. The Hall–Kier alpha value is -2.38. The van der Waals surface area contributed by atoms with Gasteiger partial charge in [0.1, 0.15) is 5.75 Å². The van der Waals surface area contributed by atoms with Crippen LogP contribution in [0.2, 0.25) is 0 Å². The van der Waals surface area contributed by atoms with Crippen molar-refractivity contribution in [1.29, 1.82) is 0 Å². The molecule has 1 amide bonds. The van der Waals surface area contributed by atoms with Gasteiger partial charge in [0.15, 0.2) is 0 Å². The Morgan fingerprint density at radius 2 is 1.62 bits per heavy atom. The molecule has 3 rings (SSSR count). The van der Waals surface area contributed by atoms with E-state index in [9.17, 15) is 13.2 Å². The third kappa shape index (κ3) is 5.70. The number of ether oxygens (including phenoxy) is 1. The average molecular weight is 459 g/mol. The zero-order valence-corrected chi connectivity index (χ0v) is 20.5. The molecule has 174 valence electrons. The maximum absolute atomic E-state index is 13.2. The molecule has 0 atom stereocenters. The molecule has 0 radical (unpaired) electrons. The molecule has 0 spiro atoms. The second-order valence-electron chi connectivity index (χ2n) is 8.93. The first-order valence-corrected chi connectivity index (χ1v) is 12.6. The molecule has 7 heteroatoms. The number of piperidine rings is 1. The third-order valence-electron chi connectivity index (χ3n) is 5.79. The van der Waals surface area contributed by atoms with Crippen LogP contribution in [0, 0.1) is 26.7 Å². The van der Waals surface area contributed by atoms with Crippen LogP contribution in [0.1, 0.15) is 48.9 Å². The highest BCUT2D eigenvalue weighted by atomic mass is 32.2. The predicted molar refractivity (Wildman–Crippen MR) is 126 cm³/mol. The van der Waals surface area contributed by atoms with Crippen LogP contribution in [0.5, 0.6) is 5.75 Å². The van der Waals surface area contributed by atoms with Crippen molar-refractivity contribution in [3.8, 4) is 5.75 Å². The standard InChI is InChI=1S/C25H34N2O4S/c1-17(2)31-23-8-6-21(7-9-23)16-26-25(28)22-10-12-27(13-11-22)32(29,30)24-19(4)14-18(3)15-20(24)5/h6-9,14-15,17,22H,10-13,16H2,1-5H3,(H,26,28). The zero-order chi connectivity index (χ0) is 23.5. The number of benzene rings is 2. The van der Waals surface area contributed by atoms with E-state index >= 15 is 0 Å². The number of sulfonamides is 1. The molecule has 0 aliphatic carbocycles. The van der Waals surface area contributed by atoms with Gasteiger partial charge in [-0.2, -0.15) is 4.31 Å². The van der Waals surface area contributed by atoms with Crippen LogP contribution in [-0.4, -0.2) is 37.8 Å². The number of carbonyl (C=O) groups excluding carboxylic acids is 1. The smallest absolute Gasteiger partial charge is 0.243 e. The Balaban J connectivity index is 1.55. The maximum Gasteiger partial charge on any atom is 0.243 e. The Morgan fingerprint density at radius 3 is 2.16 bits per heavy atom. The summed E-state index contributed by atoms with van der Waals surface area (Å²) in [7, 11) is -3.57. The van der Waals surface area contributed by atoms with Crippen LogP contribution in [0.25, 0.3) is 0 Å². The van der Waals surface area contributed by atoms with Crippen molar-refractivity contribution in [2.24, 2.45) is 5.92 Å². The van der Waals surface area contributed by atoms with Gasteiger partial charge in [0, 0.05) is 25.6 Å². The number of nitrogens with one attached hydrogen (secondary N) is 1. The van der Waals surface area contributed by atoms with E-state index in [-0.39, 0.29) is 17.9 Å². The molecule has 6 nitrogen and oxygen atoms in total. The highest BCUT2D eigenvalue weighted by Gasteiger charge is 2.33. The highest BCUT2D eigenvalue weighted by Crippen LogP contribution is 2.29. The number of aryl methyl sites for hydroxylation is 3. The summed E-state index contributed by atoms with van der Waals surface area (Å²) in [4.78, 5) is 13.1. The molecule has 1 saturated heterocycles. The number of carbonyl (C=O) groups is 1. The third-order valence-corrected chi connectivity index (χ3v) is 7.99. The van der Waals surface area contributed by atoms with Crippen LogP contribution in [0.4, 0.5) is 0 Å². The lowest BCUT2D eigenvalue weighted by atomic mass is 9.97. The van der Waals surface area contributed by atoms with E-state index in [1.807, 2.05) is 71.0 Å². The Labute approximate surface area is 192 Å². The minimum atomic E-state index is -3.57. The summed E-state index contributed by atoms with van der Waals surface area (Å²) in [5.74, 6) is 0.611. The Bertz CT molecular complexity index is 1030. The summed E-state index contributed by atoms with van der Waals surface area (Å²) in [5.41, 5.74) is 3.59. The van der Waals surface area contributed by atoms with Crippen LogP contribution >= 0.6 is 0 Å². The van der Waals surface area contributed by atoms with Gasteiger partial charge in [-0.25, -0.2) is 8.42 Å². The van der Waals surface area contributed by atoms with Gasteiger partial charge in [-0.1, -0.05) is 29.8 Å². The average Bonchev–Trinajstić information content (AvgIpc) is 2.71. The number of hydrogen-bond acceptors (Lipinski definition) is 4. The molecule has 0 aromatic heterocycles. The fraction of sp³-hybridized carbons (Fsp3) is 0.480. The zero-order valence-electron chi connectivity index (χ0n) is 19.6. The molecule has 1 heterocycles. The monoisotopic (exact) mass is 458 g/mol. The minimum absolute atomic E-state index is 0.0211. The summed E-state index contributed by atoms with van der Waals surface area (Å²) in [5, 5.41) is 2.99. The van der Waals surface area contributed by atoms with Gasteiger partial charge in [-0.3, -0.25) is 4.79 Å². The molecule has 1 N–H and O–H groups in total. The summed E-state index contributed by atoms with van der Waals surface area (Å²) in [6, 6.07) is 11.5. The molecule has 0 unspecified atom stereocenters. The summed E-state index contributed by atoms with van der Waals surface area (Å²) in [6.45, 7) is 10.8. The molecule has 2 aromatic rings. The van der Waals surface area contributed by atoms with Gasteiger partial charge in [0.25, 0.3) is 0 Å². The fourth-order valence-electron chi connectivity index (χ4n) is 4.35. The topological polar surface area (TPSA) is 75.7 Å². The lowest BCUT2D eigenvalue weighted by Crippen LogP contribution is -2.43. The molecule has 1 fully saturated rings. The summed E-state index contributed by atoms with van der Waals surface area (Å²) < 4.78 is 33.6. The van der Waals surface area contributed by atoms with Crippen LogP contribution in [0.3, 0.4) is 0 Å². The van der Waals surface area contributed by atoms with Gasteiger partial charge in [-0.15, -0.1) is 0 Å². The molecule has 2 aromatic carbocycles. The van der Waals surface area contributed by atoms with Crippen LogP contribution < -0.4 is 10.1 Å². The van der Waals surface area contributed by atoms with E-state index in [0.717, 1.165) is 28.0 Å². The largest absolute Gasteiger partial charge is 0.491 e. The molecule has 32 heavy (non-hydrogen) atoms. The van der Waals surface area contributed by atoms with Gasteiger partial charge in [-0.05, 0) is 76.3 Å². The van der Waals surface area contributed by atoms with Crippen molar-refractivity contribution in [3.63, 3.8) is 0 Å². The second-order valence-corrected chi connectivity index (χ2v) is 10.8. The first-order valence-electron chi connectivity index (χ1n) is 11.2. The molecule has 1 aliphatic rings.